The fraction of sp³-hybridized carbons (Fsp3) is 0.278. The Morgan fingerprint density at radius 3 is 2.57 bits per heavy atom. The molecular weight excluding hydrogens is 383 g/mol. The third-order valence-electron chi connectivity index (χ3n) is 4.46. The van der Waals surface area contributed by atoms with Crippen LogP contribution in [0.2, 0.25) is 0 Å². The van der Waals surface area contributed by atoms with E-state index in [1.165, 1.54) is 28.3 Å². The van der Waals surface area contributed by atoms with Crippen LogP contribution in [0.4, 0.5) is 4.39 Å². The van der Waals surface area contributed by atoms with E-state index < -0.39 is 0 Å². The molecule has 4 rings (SSSR count). The highest BCUT2D eigenvalue weighted by Crippen LogP contribution is 2.15. The van der Waals surface area contributed by atoms with Crippen molar-refractivity contribution in [2.45, 2.75) is 6.54 Å². The first-order valence-corrected chi connectivity index (χ1v) is 9.62. The topological polar surface area (TPSA) is 84.2 Å². The van der Waals surface area contributed by atoms with Crippen molar-refractivity contribution >= 4 is 23.2 Å². The molecule has 0 unspecified atom stereocenters. The summed E-state index contributed by atoms with van der Waals surface area (Å²) in [4.78, 5) is 30.2. The molecule has 0 radical (unpaired) electrons. The normalized spacial score (nSPS) is 14.3. The van der Waals surface area contributed by atoms with Gasteiger partial charge >= 0.3 is 0 Å². The summed E-state index contributed by atoms with van der Waals surface area (Å²) in [7, 11) is 0. The number of hydrogen-bond acceptors (Lipinski definition) is 6. The molecule has 2 amide bonds. The van der Waals surface area contributed by atoms with E-state index in [0.717, 1.165) is 0 Å². The number of carbonyl (C=O) groups is 2. The molecule has 0 N–H and O–H groups in total. The summed E-state index contributed by atoms with van der Waals surface area (Å²) in [6.07, 6.45) is 0. The van der Waals surface area contributed by atoms with Gasteiger partial charge in [-0.05, 0) is 28.8 Å². The first-order valence-electron chi connectivity index (χ1n) is 8.74. The van der Waals surface area contributed by atoms with Crippen molar-refractivity contribution < 1.29 is 14.0 Å². The van der Waals surface area contributed by atoms with Gasteiger partial charge in [0.15, 0.2) is 0 Å². The summed E-state index contributed by atoms with van der Waals surface area (Å²) in [6.45, 7) is 1.84. The SMILES string of the molecule is O=C(Cn1nnc(-c2cccc(F)c2)n1)N1CCN(C(=O)c2cccs2)CC1. The van der Waals surface area contributed by atoms with Gasteiger partial charge in [0, 0.05) is 31.7 Å². The van der Waals surface area contributed by atoms with E-state index >= 15 is 0 Å². The van der Waals surface area contributed by atoms with Gasteiger partial charge in [-0.1, -0.05) is 18.2 Å². The van der Waals surface area contributed by atoms with Gasteiger partial charge in [0.05, 0.1) is 4.88 Å². The van der Waals surface area contributed by atoms with E-state index in [4.69, 9.17) is 0 Å². The van der Waals surface area contributed by atoms with Crippen LogP contribution < -0.4 is 0 Å². The molecule has 0 spiro atoms. The number of tetrazole rings is 1. The maximum atomic E-state index is 13.3. The molecule has 144 valence electrons. The predicted molar refractivity (Wildman–Crippen MR) is 100 cm³/mol. The Hall–Kier alpha value is -3.14. The number of carbonyl (C=O) groups excluding carboxylic acids is 2. The zero-order valence-corrected chi connectivity index (χ0v) is 15.7. The lowest BCUT2D eigenvalue weighted by atomic mass is 10.2. The van der Waals surface area contributed by atoms with Crippen LogP contribution in [-0.4, -0.2) is 68.0 Å². The minimum atomic E-state index is -0.389. The largest absolute Gasteiger partial charge is 0.337 e. The molecule has 2 aromatic heterocycles. The summed E-state index contributed by atoms with van der Waals surface area (Å²) in [5.41, 5.74) is 0.499. The predicted octanol–water partition coefficient (Wildman–Crippen LogP) is 1.53. The third-order valence-corrected chi connectivity index (χ3v) is 5.32. The van der Waals surface area contributed by atoms with E-state index in [-0.39, 0.29) is 30.0 Å². The van der Waals surface area contributed by atoms with Gasteiger partial charge in [0.1, 0.15) is 12.4 Å². The second-order valence-electron chi connectivity index (χ2n) is 6.30. The van der Waals surface area contributed by atoms with Gasteiger partial charge in [-0.3, -0.25) is 9.59 Å². The fourth-order valence-corrected chi connectivity index (χ4v) is 3.68. The summed E-state index contributed by atoms with van der Waals surface area (Å²) >= 11 is 1.41. The molecule has 0 atom stereocenters. The molecule has 28 heavy (non-hydrogen) atoms. The van der Waals surface area contributed by atoms with Crippen LogP contribution in [0.25, 0.3) is 11.4 Å². The number of amides is 2. The van der Waals surface area contributed by atoms with Crippen LogP contribution in [0.3, 0.4) is 0 Å². The molecule has 0 bridgehead atoms. The van der Waals surface area contributed by atoms with E-state index in [0.29, 0.717) is 36.6 Å². The second kappa shape index (κ2) is 7.85. The van der Waals surface area contributed by atoms with Crippen LogP contribution in [0.5, 0.6) is 0 Å². The van der Waals surface area contributed by atoms with Crippen molar-refractivity contribution in [3.05, 3.63) is 52.5 Å². The molecule has 8 nitrogen and oxygen atoms in total. The second-order valence-corrected chi connectivity index (χ2v) is 7.25. The first kappa shape index (κ1) is 18.2. The average Bonchev–Trinajstić information content (AvgIpc) is 3.40. The standard InChI is InChI=1S/C18H17FN6O2S/c19-14-4-1-3-13(11-14)17-20-22-25(21-17)12-16(26)23-6-8-24(9-7-23)18(27)15-5-2-10-28-15/h1-5,10-11H,6-9,12H2. The van der Waals surface area contributed by atoms with Crippen molar-refractivity contribution in [1.82, 2.24) is 30.0 Å². The van der Waals surface area contributed by atoms with Gasteiger partial charge in [-0.25, -0.2) is 4.39 Å². The number of aromatic nitrogens is 4. The summed E-state index contributed by atoms with van der Waals surface area (Å²) in [6, 6.07) is 9.54. The van der Waals surface area contributed by atoms with E-state index in [2.05, 4.69) is 15.4 Å². The molecule has 3 aromatic rings. The Kier molecular flexibility index (Phi) is 5.11. The van der Waals surface area contributed by atoms with Crippen LogP contribution in [0, 0.1) is 5.82 Å². The maximum Gasteiger partial charge on any atom is 0.264 e. The lowest BCUT2D eigenvalue weighted by Gasteiger charge is -2.34. The number of hydrogen-bond donors (Lipinski definition) is 0. The quantitative estimate of drug-likeness (QED) is 0.663. The van der Waals surface area contributed by atoms with Gasteiger partial charge in [0.25, 0.3) is 5.91 Å². The number of nitrogens with zero attached hydrogens (tertiary/aromatic N) is 6. The molecule has 1 fully saturated rings. The van der Waals surface area contributed by atoms with E-state index in [1.54, 1.807) is 28.0 Å². The molecule has 1 aliphatic rings. The average molecular weight is 400 g/mol. The van der Waals surface area contributed by atoms with E-state index in [9.17, 15) is 14.0 Å². The van der Waals surface area contributed by atoms with Crippen molar-refractivity contribution in [2.24, 2.45) is 0 Å². The minimum absolute atomic E-state index is 0.000206. The Labute approximate surface area is 164 Å². The molecule has 0 aliphatic carbocycles. The molecule has 3 heterocycles. The van der Waals surface area contributed by atoms with Gasteiger partial charge in [0.2, 0.25) is 11.7 Å². The number of piperazine rings is 1. The summed E-state index contributed by atoms with van der Waals surface area (Å²) in [5.74, 6) is -0.273. The zero-order chi connectivity index (χ0) is 19.5. The van der Waals surface area contributed by atoms with Crippen LogP contribution in [0.1, 0.15) is 9.67 Å². The summed E-state index contributed by atoms with van der Waals surface area (Å²) in [5, 5.41) is 13.8. The monoisotopic (exact) mass is 400 g/mol. The molecule has 0 saturated carbocycles. The Balaban J connectivity index is 1.33. The van der Waals surface area contributed by atoms with Gasteiger partial charge < -0.3 is 9.80 Å². The number of benzene rings is 1. The minimum Gasteiger partial charge on any atom is -0.337 e. The zero-order valence-electron chi connectivity index (χ0n) is 14.9. The number of halogens is 1. The maximum absolute atomic E-state index is 13.3. The van der Waals surface area contributed by atoms with Crippen molar-refractivity contribution in [2.75, 3.05) is 26.2 Å². The van der Waals surface area contributed by atoms with Gasteiger partial charge in [-0.2, -0.15) is 4.80 Å². The van der Waals surface area contributed by atoms with E-state index in [1.807, 2.05) is 11.4 Å². The van der Waals surface area contributed by atoms with Crippen LogP contribution in [-0.2, 0) is 11.3 Å². The van der Waals surface area contributed by atoms with Crippen LogP contribution >= 0.6 is 11.3 Å². The van der Waals surface area contributed by atoms with Crippen molar-refractivity contribution in [3.8, 4) is 11.4 Å². The first-order chi connectivity index (χ1) is 13.6. The highest BCUT2D eigenvalue weighted by Gasteiger charge is 2.25. The highest BCUT2D eigenvalue weighted by atomic mass is 32.1. The number of thiophene rings is 1. The number of rotatable bonds is 4. The molecular formula is C18H17FN6O2S. The Morgan fingerprint density at radius 2 is 1.86 bits per heavy atom. The summed E-state index contributed by atoms with van der Waals surface area (Å²) < 4.78 is 13.3. The Morgan fingerprint density at radius 1 is 1.07 bits per heavy atom. The lowest BCUT2D eigenvalue weighted by Crippen LogP contribution is -2.51. The van der Waals surface area contributed by atoms with Crippen molar-refractivity contribution in [1.29, 1.82) is 0 Å². The third kappa shape index (κ3) is 3.91. The fourth-order valence-electron chi connectivity index (χ4n) is 2.99. The van der Waals surface area contributed by atoms with Crippen LogP contribution in [0.15, 0.2) is 41.8 Å². The Bertz CT molecular complexity index is 982. The lowest BCUT2D eigenvalue weighted by molar-refractivity contribution is -0.133. The van der Waals surface area contributed by atoms with Crippen molar-refractivity contribution in [3.63, 3.8) is 0 Å². The molecule has 1 aliphatic heterocycles. The molecule has 1 aromatic carbocycles. The molecule has 1 saturated heterocycles. The van der Waals surface area contributed by atoms with Gasteiger partial charge in [-0.15, -0.1) is 21.5 Å². The molecule has 10 heteroatoms. The highest BCUT2D eigenvalue weighted by molar-refractivity contribution is 7.12. The smallest absolute Gasteiger partial charge is 0.264 e.